The lowest BCUT2D eigenvalue weighted by Gasteiger charge is -2.11. The zero-order valence-electron chi connectivity index (χ0n) is 14.6. The zero-order chi connectivity index (χ0) is 19.4. The fraction of sp³-hybridized carbons (Fsp3) is 0.235. The third-order valence-corrected chi connectivity index (χ3v) is 5.21. The molecule has 1 N–H and O–H groups in total. The smallest absolute Gasteiger partial charge is 0.341 e. The highest BCUT2D eigenvalue weighted by atomic mass is 32.2. The Hall–Kier alpha value is -2.72. The minimum atomic E-state index is -1.07. The minimum absolute atomic E-state index is 0.171. The van der Waals surface area contributed by atoms with Gasteiger partial charge in [-0.15, -0.1) is 10.2 Å². The molecule has 1 aromatic carbocycles. The van der Waals surface area contributed by atoms with Crippen molar-refractivity contribution in [3.05, 3.63) is 39.7 Å². The average Bonchev–Trinajstić information content (AvgIpc) is 3.17. The second-order valence-corrected chi connectivity index (χ2v) is 7.55. The molecule has 0 spiro atoms. The van der Waals surface area contributed by atoms with Crippen molar-refractivity contribution in [2.24, 2.45) is 4.99 Å². The van der Waals surface area contributed by atoms with Gasteiger partial charge in [-0.05, 0) is 37.8 Å². The molecule has 1 fully saturated rings. The van der Waals surface area contributed by atoms with Gasteiger partial charge < -0.3 is 9.84 Å². The lowest BCUT2D eigenvalue weighted by atomic mass is 10.2. The van der Waals surface area contributed by atoms with E-state index in [1.165, 1.54) is 23.1 Å². The van der Waals surface area contributed by atoms with E-state index < -0.39 is 12.6 Å². The van der Waals surface area contributed by atoms with Gasteiger partial charge in [0.25, 0.3) is 5.91 Å². The molecule has 0 saturated carbocycles. The fourth-order valence-electron chi connectivity index (χ4n) is 2.30. The number of carboxylic acid groups (broad SMARTS) is 1. The largest absolute Gasteiger partial charge is 0.481 e. The highest BCUT2D eigenvalue weighted by Gasteiger charge is 2.32. The number of benzene rings is 1. The summed E-state index contributed by atoms with van der Waals surface area (Å²) in [6.45, 7) is 3.72. The molecule has 3 rings (SSSR count). The van der Waals surface area contributed by atoms with Crippen LogP contribution in [0.1, 0.15) is 17.5 Å². The Balaban J connectivity index is 1.90. The fourth-order valence-corrected chi connectivity index (χ4v) is 3.95. The summed E-state index contributed by atoms with van der Waals surface area (Å²) in [7, 11) is 0. The van der Waals surface area contributed by atoms with E-state index in [0.717, 1.165) is 5.01 Å². The number of hydrogen-bond acceptors (Lipinski definition) is 8. The van der Waals surface area contributed by atoms with Gasteiger partial charge in [-0.3, -0.25) is 9.69 Å². The Labute approximate surface area is 163 Å². The summed E-state index contributed by atoms with van der Waals surface area (Å²) in [4.78, 5) is 29.9. The highest BCUT2D eigenvalue weighted by Crippen LogP contribution is 2.35. The number of likely N-dealkylation sites (N-methyl/N-ethyl adjacent to an activating group) is 1. The Kier molecular flexibility index (Phi) is 5.87. The predicted octanol–water partition coefficient (Wildman–Crippen LogP) is 2.93. The number of nitrogens with zero attached hydrogens (tertiary/aromatic N) is 4. The van der Waals surface area contributed by atoms with Crippen molar-refractivity contribution in [3.63, 3.8) is 0 Å². The van der Waals surface area contributed by atoms with Crippen LogP contribution in [0.2, 0.25) is 0 Å². The first-order valence-corrected chi connectivity index (χ1v) is 9.65. The van der Waals surface area contributed by atoms with Gasteiger partial charge in [-0.1, -0.05) is 29.5 Å². The van der Waals surface area contributed by atoms with E-state index in [2.05, 4.69) is 15.2 Å². The molecule has 0 radical (unpaired) electrons. The number of amides is 1. The summed E-state index contributed by atoms with van der Waals surface area (Å²) in [6.07, 6.45) is 1.68. The number of aliphatic imine (C=N–C) groups is 1. The number of ether oxygens (including phenoxy) is 1. The van der Waals surface area contributed by atoms with Crippen LogP contribution >= 0.6 is 23.1 Å². The van der Waals surface area contributed by atoms with Crippen molar-refractivity contribution in [2.75, 3.05) is 13.2 Å². The Bertz CT molecular complexity index is 939. The molecule has 140 valence electrons. The number of carbonyl (C=O) groups excluding carboxylic acids is 1. The first-order chi connectivity index (χ1) is 13.0. The molecular formula is C17H16N4O4S2. The minimum Gasteiger partial charge on any atom is -0.481 e. The molecule has 0 aliphatic carbocycles. The van der Waals surface area contributed by atoms with Crippen molar-refractivity contribution in [2.45, 2.75) is 13.8 Å². The predicted molar refractivity (Wildman–Crippen MR) is 104 cm³/mol. The number of carbonyl (C=O) groups is 2. The van der Waals surface area contributed by atoms with E-state index in [4.69, 9.17) is 9.84 Å². The summed E-state index contributed by atoms with van der Waals surface area (Å²) in [5.41, 5.74) is 0.624. The molecule has 2 aromatic rings. The molecule has 27 heavy (non-hydrogen) atoms. The molecule has 1 aliphatic rings. The SMILES string of the molecule is CCN1C(=O)/C(=C\c2ccccc2OCC(=O)O)S/C1=N/c1nnc(C)s1. The molecule has 10 heteroatoms. The summed E-state index contributed by atoms with van der Waals surface area (Å²) < 4.78 is 5.30. The van der Waals surface area contributed by atoms with Crippen LogP contribution in [0.4, 0.5) is 5.13 Å². The number of rotatable bonds is 6. The van der Waals surface area contributed by atoms with E-state index >= 15 is 0 Å². The van der Waals surface area contributed by atoms with Gasteiger partial charge in [0.1, 0.15) is 10.8 Å². The van der Waals surface area contributed by atoms with E-state index in [1.54, 1.807) is 35.2 Å². The van der Waals surface area contributed by atoms with Gasteiger partial charge in [0.15, 0.2) is 11.8 Å². The zero-order valence-corrected chi connectivity index (χ0v) is 16.2. The van der Waals surface area contributed by atoms with Gasteiger partial charge in [0, 0.05) is 12.1 Å². The molecule has 1 aliphatic heterocycles. The van der Waals surface area contributed by atoms with Gasteiger partial charge in [0.2, 0.25) is 5.13 Å². The van der Waals surface area contributed by atoms with E-state index in [0.29, 0.717) is 33.1 Å². The highest BCUT2D eigenvalue weighted by molar-refractivity contribution is 8.18. The van der Waals surface area contributed by atoms with Crippen LogP contribution in [0, 0.1) is 6.92 Å². The maximum atomic E-state index is 12.7. The van der Waals surface area contributed by atoms with Crippen molar-refractivity contribution >= 4 is 51.4 Å². The molecular weight excluding hydrogens is 388 g/mol. The molecule has 1 amide bonds. The number of para-hydroxylation sites is 1. The number of aryl methyl sites for hydroxylation is 1. The number of aliphatic carboxylic acids is 1. The summed E-state index contributed by atoms with van der Waals surface area (Å²) in [5, 5.41) is 18.5. The third kappa shape index (κ3) is 4.52. The molecule has 8 nitrogen and oxygen atoms in total. The van der Waals surface area contributed by atoms with Crippen LogP contribution < -0.4 is 4.74 Å². The number of hydrogen-bond donors (Lipinski definition) is 1. The number of thioether (sulfide) groups is 1. The van der Waals surface area contributed by atoms with Gasteiger partial charge in [-0.25, -0.2) is 4.79 Å². The van der Waals surface area contributed by atoms with Crippen molar-refractivity contribution in [1.82, 2.24) is 15.1 Å². The van der Waals surface area contributed by atoms with Gasteiger partial charge in [-0.2, -0.15) is 4.99 Å². The van der Waals surface area contributed by atoms with Crippen LogP contribution in [0.3, 0.4) is 0 Å². The quantitative estimate of drug-likeness (QED) is 0.738. The normalized spacial score (nSPS) is 17.1. The second kappa shape index (κ2) is 8.31. The summed E-state index contributed by atoms with van der Waals surface area (Å²) in [5.74, 6) is -0.841. The van der Waals surface area contributed by atoms with Crippen molar-refractivity contribution in [3.8, 4) is 5.75 Å². The summed E-state index contributed by atoms with van der Waals surface area (Å²) in [6, 6.07) is 6.96. The van der Waals surface area contributed by atoms with Crippen LogP contribution in [0.15, 0.2) is 34.2 Å². The van der Waals surface area contributed by atoms with E-state index in [9.17, 15) is 9.59 Å². The molecule has 1 saturated heterocycles. The van der Waals surface area contributed by atoms with Gasteiger partial charge >= 0.3 is 5.97 Å². The maximum Gasteiger partial charge on any atom is 0.341 e. The lowest BCUT2D eigenvalue weighted by Crippen LogP contribution is -2.28. The lowest BCUT2D eigenvalue weighted by molar-refractivity contribution is -0.139. The average molecular weight is 404 g/mol. The van der Waals surface area contributed by atoms with Crippen molar-refractivity contribution in [1.29, 1.82) is 0 Å². The maximum absolute atomic E-state index is 12.7. The Morgan fingerprint density at radius 2 is 2.15 bits per heavy atom. The molecule has 0 atom stereocenters. The molecule has 2 heterocycles. The van der Waals surface area contributed by atoms with Crippen molar-refractivity contribution < 1.29 is 19.4 Å². The standard InChI is InChI=1S/C17H16N4O4S2/c1-3-21-15(24)13(27-17(21)18-16-20-19-10(2)26-16)8-11-6-4-5-7-12(11)25-9-14(22)23/h4-8H,3,9H2,1-2H3,(H,22,23)/b13-8+,18-17+. The topological polar surface area (TPSA) is 105 Å². The number of carboxylic acids is 1. The van der Waals surface area contributed by atoms with Crippen LogP contribution in [-0.4, -0.2) is 50.4 Å². The van der Waals surface area contributed by atoms with Gasteiger partial charge in [0.05, 0.1) is 4.91 Å². The Morgan fingerprint density at radius 3 is 2.81 bits per heavy atom. The monoisotopic (exact) mass is 404 g/mol. The van der Waals surface area contributed by atoms with E-state index in [1.807, 2.05) is 13.8 Å². The number of amidine groups is 1. The third-order valence-electron chi connectivity index (χ3n) is 3.47. The molecule has 1 aromatic heterocycles. The summed E-state index contributed by atoms with van der Waals surface area (Å²) >= 11 is 2.59. The van der Waals surface area contributed by atoms with Crippen LogP contribution in [-0.2, 0) is 9.59 Å². The molecule has 0 unspecified atom stereocenters. The van der Waals surface area contributed by atoms with Crippen LogP contribution in [0.5, 0.6) is 5.75 Å². The number of aromatic nitrogens is 2. The second-order valence-electron chi connectivity index (χ2n) is 5.38. The molecule has 0 bridgehead atoms. The van der Waals surface area contributed by atoms with Crippen LogP contribution in [0.25, 0.3) is 6.08 Å². The first-order valence-electron chi connectivity index (χ1n) is 8.01. The van der Waals surface area contributed by atoms with E-state index in [-0.39, 0.29) is 5.91 Å². The Morgan fingerprint density at radius 1 is 1.37 bits per heavy atom. The first kappa shape index (κ1) is 19.1.